The van der Waals surface area contributed by atoms with Crippen LogP contribution in [-0.4, -0.2) is 26.7 Å². The van der Waals surface area contributed by atoms with Crippen LogP contribution < -0.4 is 5.32 Å². The maximum Gasteiger partial charge on any atom is 0.231 e. The summed E-state index contributed by atoms with van der Waals surface area (Å²) in [5.74, 6) is -0.0524. The van der Waals surface area contributed by atoms with E-state index in [0.29, 0.717) is 24.2 Å². The molecule has 1 aromatic carbocycles. The van der Waals surface area contributed by atoms with Crippen LogP contribution in [0.5, 0.6) is 0 Å². The molecule has 1 heterocycles. The first-order chi connectivity index (χ1) is 10.5. The van der Waals surface area contributed by atoms with Gasteiger partial charge in [-0.05, 0) is 17.7 Å². The lowest BCUT2D eigenvalue weighted by Gasteiger charge is -2.07. The van der Waals surface area contributed by atoms with E-state index in [4.69, 9.17) is 10.00 Å². The Balaban J connectivity index is 2.03. The van der Waals surface area contributed by atoms with Crippen molar-refractivity contribution in [3.05, 3.63) is 41.3 Å². The van der Waals surface area contributed by atoms with Gasteiger partial charge in [0, 0.05) is 6.42 Å². The summed E-state index contributed by atoms with van der Waals surface area (Å²) in [6.45, 7) is 1.97. The summed E-state index contributed by atoms with van der Waals surface area (Å²) in [6, 6.07) is 8.19. The predicted octanol–water partition coefficient (Wildman–Crippen LogP) is 1.29. The summed E-state index contributed by atoms with van der Waals surface area (Å²) >= 11 is 0. The average molecular weight is 320 g/mol. The molecule has 0 aliphatic carbocycles. The van der Waals surface area contributed by atoms with Crippen LogP contribution in [0.25, 0.3) is 0 Å². The summed E-state index contributed by atoms with van der Waals surface area (Å²) in [5, 5.41) is 11.4. The van der Waals surface area contributed by atoms with Crippen LogP contribution >= 0.6 is 0 Å². The Morgan fingerprint density at radius 1 is 1.36 bits per heavy atom. The van der Waals surface area contributed by atoms with E-state index in [9.17, 15) is 13.2 Å². The fourth-order valence-electron chi connectivity index (χ4n) is 2.01. The Morgan fingerprint density at radius 2 is 2.05 bits per heavy atom. The second kappa shape index (κ2) is 6.62. The van der Waals surface area contributed by atoms with Gasteiger partial charge in [0.2, 0.25) is 11.8 Å². The summed E-state index contributed by atoms with van der Waals surface area (Å²) in [7, 11) is -3.24. The zero-order chi connectivity index (χ0) is 16.2. The Kier molecular flexibility index (Phi) is 4.83. The Morgan fingerprint density at radius 3 is 2.64 bits per heavy atom. The van der Waals surface area contributed by atoms with E-state index >= 15 is 0 Å². The number of carbonyl (C=O) groups is 1. The SMILES string of the molecule is CCS(=O)(=O)c1ccc(CC(=O)NC2=C(C#N)CCO2)cc1. The van der Waals surface area contributed by atoms with E-state index in [-0.39, 0.29) is 28.9 Å². The third-order valence-electron chi connectivity index (χ3n) is 3.29. The number of nitrogens with zero attached hydrogens (tertiary/aromatic N) is 1. The summed E-state index contributed by atoms with van der Waals surface area (Å²) in [4.78, 5) is 12.2. The van der Waals surface area contributed by atoms with Gasteiger partial charge < -0.3 is 4.74 Å². The lowest BCUT2D eigenvalue weighted by molar-refractivity contribution is -0.120. The summed E-state index contributed by atoms with van der Waals surface area (Å²) in [5.41, 5.74) is 1.11. The molecule has 0 unspecified atom stereocenters. The monoisotopic (exact) mass is 320 g/mol. The highest BCUT2D eigenvalue weighted by Gasteiger charge is 2.18. The Labute approximate surface area is 129 Å². The van der Waals surface area contributed by atoms with Crippen LogP contribution in [0.1, 0.15) is 18.9 Å². The molecule has 2 rings (SSSR count). The number of sulfone groups is 1. The molecule has 1 aliphatic rings. The van der Waals surface area contributed by atoms with Gasteiger partial charge in [0.1, 0.15) is 6.07 Å². The van der Waals surface area contributed by atoms with Crippen molar-refractivity contribution in [1.82, 2.24) is 5.32 Å². The van der Waals surface area contributed by atoms with E-state index in [2.05, 4.69) is 5.32 Å². The summed E-state index contributed by atoms with van der Waals surface area (Å²) in [6.07, 6.45) is 0.577. The number of nitrogens with one attached hydrogen (secondary N) is 1. The smallest absolute Gasteiger partial charge is 0.231 e. The maximum atomic E-state index is 11.9. The highest BCUT2D eigenvalue weighted by molar-refractivity contribution is 7.91. The van der Waals surface area contributed by atoms with Crippen LogP contribution in [0, 0.1) is 11.3 Å². The molecular weight excluding hydrogens is 304 g/mol. The minimum absolute atomic E-state index is 0.0370. The Hall–Kier alpha value is -2.33. The second-order valence-electron chi connectivity index (χ2n) is 4.79. The summed E-state index contributed by atoms with van der Waals surface area (Å²) < 4.78 is 28.6. The number of nitriles is 1. The van der Waals surface area contributed by atoms with Gasteiger partial charge in [-0.15, -0.1) is 0 Å². The molecule has 1 aliphatic heterocycles. The molecule has 1 amide bonds. The van der Waals surface area contributed by atoms with Crippen molar-refractivity contribution in [2.75, 3.05) is 12.4 Å². The van der Waals surface area contributed by atoms with Crippen LogP contribution in [0.3, 0.4) is 0 Å². The number of rotatable bonds is 5. The molecule has 22 heavy (non-hydrogen) atoms. The van der Waals surface area contributed by atoms with E-state index in [0.717, 1.165) is 0 Å². The molecule has 0 radical (unpaired) electrons. The van der Waals surface area contributed by atoms with Crippen molar-refractivity contribution < 1.29 is 17.9 Å². The second-order valence-corrected chi connectivity index (χ2v) is 7.07. The van der Waals surface area contributed by atoms with Crippen molar-refractivity contribution in [2.24, 2.45) is 0 Å². The van der Waals surface area contributed by atoms with E-state index < -0.39 is 9.84 Å². The average Bonchev–Trinajstić information content (AvgIpc) is 2.94. The number of carbonyl (C=O) groups excluding carboxylic acids is 1. The molecular formula is C15H16N2O4S. The molecule has 0 aromatic heterocycles. The van der Waals surface area contributed by atoms with Gasteiger partial charge in [-0.3, -0.25) is 10.1 Å². The van der Waals surface area contributed by atoms with Crippen molar-refractivity contribution >= 4 is 15.7 Å². The quantitative estimate of drug-likeness (QED) is 0.882. The highest BCUT2D eigenvalue weighted by Crippen LogP contribution is 2.16. The standard InChI is InChI=1S/C15H16N2O4S/c1-2-22(19,20)13-5-3-11(4-6-13)9-14(18)17-15-12(10-16)7-8-21-15/h3-6H,2,7-9H2,1H3,(H,17,18). The minimum atomic E-state index is -3.24. The van der Waals surface area contributed by atoms with Crippen LogP contribution in [0.4, 0.5) is 0 Å². The molecule has 1 N–H and O–H groups in total. The van der Waals surface area contributed by atoms with Crippen LogP contribution in [0.2, 0.25) is 0 Å². The largest absolute Gasteiger partial charge is 0.478 e. The predicted molar refractivity (Wildman–Crippen MR) is 79.2 cm³/mol. The molecule has 0 atom stereocenters. The molecule has 1 aromatic rings. The Bertz CT molecular complexity index is 743. The lowest BCUT2D eigenvalue weighted by Crippen LogP contribution is -2.25. The maximum absolute atomic E-state index is 11.9. The number of ether oxygens (including phenoxy) is 1. The van der Waals surface area contributed by atoms with Crippen molar-refractivity contribution in [1.29, 1.82) is 5.26 Å². The van der Waals surface area contributed by atoms with E-state index in [1.54, 1.807) is 19.1 Å². The van der Waals surface area contributed by atoms with Gasteiger partial charge in [-0.2, -0.15) is 5.26 Å². The molecule has 0 saturated heterocycles. The van der Waals surface area contributed by atoms with Gasteiger partial charge in [0.25, 0.3) is 0 Å². The van der Waals surface area contributed by atoms with Gasteiger partial charge in [0.15, 0.2) is 9.84 Å². The molecule has 116 valence electrons. The molecule has 6 nitrogen and oxygen atoms in total. The molecule has 0 bridgehead atoms. The fraction of sp³-hybridized carbons (Fsp3) is 0.333. The zero-order valence-corrected chi connectivity index (χ0v) is 12.9. The fourth-order valence-corrected chi connectivity index (χ4v) is 2.90. The van der Waals surface area contributed by atoms with Gasteiger partial charge in [-0.1, -0.05) is 19.1 Å². The molecule has 7 heteroatoms. The van der Waals surface area contributed by atoms with Crippen molar-refractivity contribution in [2.45, 2.75) is 24.7 Å². The third-order valence-corrected chi connectivity index (χ3v) is 5.04. The van der Waals surface area contributed by atoms with Crippen LogP contribution in [0.15, 0.2) is 40.6 Å². The van der Waals surface area contributed by atoms with Crippen molar-refractivity contribution in [3.8, 4) is 6.07 Å². The first kappa shape index (κ1) is 16.0. The molecule has 0 fully saturated rings. The van der Waals surface area contributed by atoms with E-state index in [1.807, 2.05) is 6.07 Å². The normalized spacial score (nSPS) is 14.4. The topological polar surface area (TPSA) is 96.3 Å². The first-order valence-corrected chi connectivity index (χ1v) is 8.49. The van der Waals surface area contributed by atoms with Crippen LogP contribution in [-0.2, 0) is 25.8 Å². The van der Waals surface area contributed by atoms with Crippen molar-refractivity contribution in [3.63, 3.8) is 0 Å². The van der Waals surface area contributed by atoms with Gasteiger partial charge >= 0.3 is 0 Å². The number of amides is 1. The highest BCUT2D eigenvalue weighted by atomic mass is 32.2. The van der Waals surface area contributed by atoms with E-state index in [1.165, 1.54) is 12.1 Å². The number of hydrogen-bond acceptors (Lipinski definition) is 5. The van der Waals surface area contributed by atoms with Gasteiger partial charge in [0.05, 0.1) is 29.2 Å². The first-order valence-electron chi connectivity index (χ1n) is 6.84. The lowest BCUT2D eigenvalue weighted by atomic mass is 10.1. The number of hydrogen-bond donors (Lipinski definition) is 1. The number of benzene rings is 1. The minimum Gasteiger partial charge on any atom is -0.478 e. The third kappa shape index (κ3) is 3.65. The molecule has 0 saturated carbocycles. The van der Waals surface area contributed by atoms with Gasteiger partial charge in [-0.25, -0.2) is 8.42 Å². The molecule has 0 spiro atoms. The zero-order valence-electron chi connectivity index (χ0n) is 12.1.